The summed E-state index contributed by atoms with van der Waals surface area (Å²) in [7, 11) is 0. The Kier molecular flexibility index (Phi) is 4.60. The predicted octanol–water partition coefficient (Wildman–Crippen LogP) is 3.63. The second-order valence-corrected chi connectivity index (χ2v) is 8.59. The fourth-order valence-electron chi connectivity index (χ4n) is 3.84. The highest BCUT2D eigenvalue weighted by Crippen LogP contribution is 2.29. The molecule has 3 heterocycles. The summed E-state index contributed by atoms with van der Waals surface area (Å²) in [5.74, 6) is -1.08. The van der Waals surface area contributed by atoms with Gasteiger partial charge in [-0.2, -0.15) is 0 Å². The van der Waals surface area contributed by atoms with Crippen molar-refractivity contribution in [3.05, 3.63) is 58.7 Å². The first-order valence-electron chi connectivity index (χ1n) is 9.80. The summed E-state index contributed by atoms with van der Waals surface area (Å²) in [5.41, 5.74) is 2.83. The number of aryl methyl sites for hydroxylation is 1. The van der Waals surface area contributed by atoms with E-state index in [-0.39, 0.29) is 35.9 Å². The molecule has 0 bridgehead atoms. The van der Waals surface area contributed by atoms with Crippen LogP contribution >= 0.6 is 11.3 Å². The largest absolute Gasteiger partial charge is 0.376 e. The first kappa shape index (κ1) is 18.9. The van der Waals surface area contributed by atoms with Gasteiger partial charge in [-0.05, 0) is 55.7 Å². The number of amides is 3. The molecule has 1 fully saturated rings. The number of aromatic nitrogens is 1. The Bertz CT molecular complexity index is 1200. The van der Waals surface area contributed by atoms with Gasteiger partial charge in [0.2, 0.25) is 0 Å². The summed E-state index contributed by atoms with van der Waals surface area (Å²) in [5, 5.41) is 3.28. The Morgan fingerprint density at radius 3 is 2.83 bits per heavy atom. The van der Waals surface area contributed by atoms with Crippen molar-refractivity contribution < 1.29 is 19.1 Å². The van der Waals surface area contributed by atoms with Crippen molar-refractivity contribution in [3.8, 4) is 0 Å². The third-order valence-corrected chi connectivity index (χ3v) is 6.34. The van der Waals surface area contributed by atoms with Crippen LogP contribution in [0.5, 0.6) is 0 Å². The Hall–Kier alpha value is -3.10. The molecule has 3 amide bonds. The van der Waals surface area contributed by atoms with Gasteiger partial charge in [-0.25, -0.2) is 4.98 Å². The van der Waals surface area contributed by atoms with E-state index in [0.29, 0.717) is 22.9 Å². The summed E-state index contributed by atoms with van der Waals surface area (Å²) in [6.07, 6.45) is 1.66. The molecule has 0 radical (unpaired) electrons. The van der Waals surface area contributed by atoms with Crippen LogP contribution in [0.3, 0.4) is 0 Å². The average molecular weight is 421 g/mol. The predicted molar refractivity (Wildman–Crippen MR) is 113 cm³/mol. The lowest BCUT2D eigenvalue weighted by Crippen LogP contribution is -2.36. The minimum Gasteiger partial charge on any atom is -0.376 e. The molecule has 152 valence electrons. The van der Waals surface area contributed by atoms with Crippen LogP contribution in [0.2, 0.25) is 0 Å². The summed E-state index contributed by atoms with van der Waals surface area (Å²) in [6, 6.07) is 10.5. The topological polar surface area (TPSA) is 88.6 Å². The van der Waals surface area contributed by atoms with Crippen LogP contribution < -0.4 is 5.32 Å². The van der Waals surface area contributed by atoms with Gasteiger partial charge in [0.15, 0.2) is 5.13 Å². The molecule has 1 aromatic heterocycles. The molecule has 1 N–H and O–H groups in total. The number of carbonyl (C=O) groups excluding carboxylic acids is 3. The standard InChI is InChI=1S/C22H19N3O4S/c1-12-4-7-17-18(9-12)30-22(23-17)24-19(26)13-5-6-15-16(10-13)21(28)25(20(15)27)11-14-3-2-8-29-14/h4-7,9-10,14H,2-3,8,11H2,1H3,(H,23,24,26). The van der Waals surface area contributed by atoms with Crippen LogP contribution in [0.15, 0.2) is 36.4 Å². The van der Waals surface area contributed by atoms with Crippen LogP contribution in [0, 0.1) is 6.92 Å². The van der Waals surface area contributed by atoms with Crippen LogP contribution in [0.25, 0.3) is 10.2 Å². The highest BCUT2D eigenvalue weighted by molar-refractivity contribution is 7.22. The molecular weight excluding hydrogens is 402 g/mol. The number of ether oxygens (including phenoxy) is 1. The average Bonchev–Trinajstić information content (AvgIpc) is 3.43. The van der Waals surface area contributed by atoms with E-state index in [9.17, 15) is 14.4 Å². The Morgan fingerprint density at radius 1 is 1.20 bits per heavy atom. The molecular formula is C22H19N3O4S. The minimum absolute atomic E-state index is 0.113. The maximum absolute atomic E-state index is 12.8. The van der Waals surface area contributed by atoms with Crippen LogP contribution in [0.1, 0.15) is 49.5 Å². The van der Waals surface area contributed by atoms with Gasteiger partial charge >= 0.3 is 0 Å². The second-order valence-electron chi connectivity index (χ2n) is 7.56. The number of nitrogens with zero attached hydrogens (tertiary/aromatic N) is 2. The molecule has 2 aromatic carbocycles. The monoisotopic (exact) mass is 421 g/mol. The molecule has 2 aliphatic rings. The van der Waals surface area contributed by atoms with E-state index in [1.165, 1.54) is 22.3 Å². The van der Waals surface area contributed by atoms with E-state index in [4.69, 9.17) is 4.74 Å². The maximum atomic E-state index is 12.8. The van der Waals surface area contributed by atoms with E-state index in [1.807, 2.05) is 25.1 Å². The van der Waals surface area contributed by atoms with Gasteiger partial charge in [-0.1, -0.05) is 17.4 Å². The lowest BCUT2D eigenvalue weighted by Gasteiger charge is -2.17. The van der Waals surface area contributed by atoms with Gasteiger partial charge < -0.3 is 4.74 Å². The van der Waals surface area contributed by atoms with E-state index < -0.39 is 0 Å². The Balaban J connectivity index is 1.36. The number of fused-ring (bicyclic) bond motifs is 2. The van der Waals surface area contributed by atoms with E-state index in [2.05, 4.69) is 10.3 Å². The van der Waals surface area contributed by atoms with E-state index in [0.717, 1.165) is 28.6 Å². The molecule has 0 aliphatic carbocycles. The zero-order chi connectivity index (χ0) is 20.8. The Labute approximate surface area is 176 Å². The van der Waals surface area contributed by atoms with Gasteiger partial charge in [0.05, 0.1) is 34.0 Å². The quantitative estimate of drug-likeness (QED) is 0.650. The second kappa shape index (κ2) is 7.30. The third kappa shape index (κ3) is 3.28. The number of rotatable bonds is 4. The number of hydrogen-bond acceptors (Lipinski definition) is 6. The van der Waals surface area contributed by atoms with Crippen molar-refractivity contribution in [2.45, 2.75) is 25.9 Å². The van der Waals surface area contributed by atoms with E-state index >= 15 is 0 Å². The number of thiazole rings is 1. The number of imide groups is 1. The van der Waals surface area contributed by atoms with Gasteiger partial charge in [0.25, 0.3) is 17.7 Å². The zero-order valence-electron chi connectivity index (χ0n) is 16.3. The minimum atomic E-state index is -0.379. The Morgan fingerprint density at radius 2 is 2.03 bits per heavy atom. The third-order valence-electron chi connectivity index (χ3n) is 5.41. The fraction of sp³-hybridized carbons (Fsp3) is 0.273. The molecule has 1 unspecified atom stereocenters. The molecule has 1 atom stereocenters. The summed E-state index contributed by atoms with van der Waals surface area (Å²) in [4.78, 5) is 43.8. The number of benzene rings is 2. The van der Waals surface area contributed by atoms with Crippen molar-refractivity contribution >= 4 is 44.4 Å². The fourth-order valence-corrected chi connectivity index (χ4v) is 4.80. The zero-order valence-corrected chi connectivity index (χ0v) is 17.1. The molecule has 5 rings (SSSR count). The highest BCUT2D eigenvalue weighted by atomic mass is 32.1. The first-order chi connectivity index (χ1) is 14.5. The molecule has 0 saturated carbocycles. The van der Waals surface area contributed by atoms with Crippen LogP contribution in [-0.4, -0.2) is 46.9 Å². The number of carbonyl (C=O) groups is 3. The molecule has 7 nitrogen and oxygen atoms in total. The molecule has 1 saturated heterocycles. The normalized spacial score (nSPS) is 18.3. The maximum Gasteiger partial charge on any atom is 0.261 e. The van der Waals surface area contributed by atoms with Crippen molar-refractivity contribution in [2.24, 2.45) is 0 Å². The molecule has 30 heavy (non-hydrogen) atoms. The lowest BCUT2D eigenvalue weighted by atomic mass is 10.1. The number of nitrogens with one attached hydrogen (secondary N) is 1. The molecule has 3 aromatic rings. The lowest BCUT2D eigenvalue weighted by molar-refractivity contribution is 0.0475. The van der Waals surface area contributed by atoms with Gasteiger partial charge in [0.1, 0.15) is 0 Å². The summed E-state index contributed by atoms with van der Waals surface area (Å²) in [6.45, 7) is 2.91. The van der Waals surface area contributed by atoms with Crippen molar-refractivity contribution in [1.82, 2.24) is 9.88 Å². The number of anilines is 1. The van der Waals surface area contributed by atoms with Gasteiger partial charge in [-0.3, -0.25) is 24.6 Å². The number of hydrogen-bond donors (Lipinski definition) is 1. The van der Waals surface area contributed by atoms with Gasteiger partial charge in [0, 0.05) is 12.2 Å². The van der Waals surface area contributed by atoms with Gasteiger partial charge in [-0.15, -0.1) is 0 Å². The van der Waals surface area contributed by atoms with Crippen LogP contribution in [0.4, 0.5) is 5.13 Å². The van der Waals surface area contributed by atoms with Crippen LogP contribution in [-0.2, 0) is 4.74 Å². The van der Waals surface area contributed by atoms with Crippen molar-refractivity contribution in [3.63, 3.8) is 0 Å². The summed E-state index contributed by atoms with van der Waals surface area (Å²) < 4.78 is 6.55. The summed E-state index contributed by atoms with van der Waals surface area (Å²) >= 11 is 1.39. The SMILES string of the molecule is Cc1ccc2nc(NC(=O)c3ccc4c(c3)C(=O)N(CC3CCCO3)C4=O)sc2c1. The molecule has 2 aliphatic heterocycles. The first-order valence-corrected chi connectivity index (χ1v) is 10.6. The van der Waals surface area contributed by atoms with E-state index in [1.54, 1.807) is 12.1 Å². The molecule has 8 heteroatoms. The van der Waals surface area contributed by atoms with Crippen molar-refractivity contribution in [1.29, 1.82) is 0 Å². The highest BCUT2D eigenvalue weighted by Gasteiger charge is 2.38. The van der Waals surface area contributed by atoms with Crippen molar-refractivity contribution in [2.75, 3.05) is 18.5 Å². The molecule has 0 spiro atoms. The smallest absolute Gasteiger partial charge is 0.261 e.